The number of oxime groups is 1. The molecule has 0 radical (unpaired) electrons. The molecule has 2 atom stereocenters. The van der Waals surface area contributed by atoms with Gasteiger partial charge in [-0.15, -0.1) is 0 Å². The van der Waals surface area contributed by atoms with Crippen molar-refractivity contribution in [2.45, 2.75) is 50.6 Å². The summed E-state index contributed by atoms with van der Waals surface area (Å²) in [5, 5.41) is 20.0. The third-order valence-corrected chi connectivity index (χ3v) is 9.20. The van der Waals surface area contributed by atoms with Crippen LogP contribution in [0.4, 0.5) is 5.95 Å². The van der Waals surface area contributed by atoms with Crippen molar-refractivity contribution in [3.05, 3.63) is 63.9 Å². The van der Waals surface area contributed by atoms with Gasteiger partial charge in [0.15, 0.2) is 5.71 Å². The Labute approximate surface area is 259 Å². The fourth-order valence-corrected chi connectivity index (χ4v) is 6.37. The first-order valence-corrected chi connectivity index (χ1v) is 15.7. The molecule has 2 aromatic carbocycles. The molecule has 230 valence electrons. The van der Waals surface area contributed by atoms with E-state index < -0.39 is 27.6 Å². The van der Waals surface area contributed by atoms with Gasteiger partial charge in [-0.25, -0.2) is 18.2 Å². The summed E-state index contributed by atoms with van der Waals surface area (Å²) in [7, 11) is -4.41. The number of sulfonamides is 1. The number of nitrogens with one attached hydrogen (secondary N) is 4. The Balaban J connectivity index is 1.37. The number of benzene rings is 2. The highest BCUT2D eigenvalue weighted by Gasteiger charge is 2.42. The van der Waals surface area contributed by atoms with Crippen molar-refractivity contribution < 1.29 is 28.0 Å². The van der Waals surface area contributed by atoms with Crippen molar-refractivity contribution in [3.63, 3.8) is 0 Å². The number of nitrogens with zero attached hydrogens (tertiary/aromatic N) is 2. The zero-order chi connectivity index (χ0) is 31.4. The minimum absolute atomic E-state index is 0.00196. The van der Waals surface area contributed by atoms with Crippen LogP contribution in [0.2, 0.25) is 10.0 Å². The molecule has 1 aliphatic rings. The second kappa shape index (κ2) is 13.3. The van der Waals surface area contributed by atoms with E-state index in [1.807, 2.05) is 13.8 Å². The third kappa shape index (κ3) is 7.66. The Morgan fingerprint density at radius 3 is 2.40 bits per heavy atom. The Morgan fingerprint density at radius 1 is 1.12 bits per heavy atom. The summed E-state index contributed by atoms with van der Waals surface area (Å²) in [6, 6.07) is 10.6. The number of unbranched alkanes of at least 4 members (excludes halogenated alkanes) is 1. The molecule has 1 amide bonds. The highest BCUT2D eigenvalue weighted by molar-refractivity contribution is 7.89. The molecule has 1 aliphatic heterocycles. The van der Waals surface area contributed by atoms with Crippen LogP contribution in [0.3, 0.4) is 0 Å². The number of aromatic nitrogens is 2. The van der Waals surface area contributed by atoms with E-state index in [-0.39, 0.29) is 23.1 Å². The molecule has 0 bridgehead atoms. The van der Waals surface area contributed by atoms with Gasteiger partial charge >= 0.3 is 5.97 Å². The molecule has 0 saturated carbocycles. The summed E-state index contributed by atoms with van der Waals surface area (Å²) in [5.74, 6) is -2.16. The van der Waals surface area contributed by atoms with E-state index in [9.17, 15) is 23.1 Å². The number of carboxylic acid groups (broad SMARTS) is 1. The van der Waals surface area contributed by atoms with Gasteiger partial charge in [0, 0.05) is 33.8 Å². The van der Waals surface area contributed by atoms with E-state index in [0.29, 0.717) is 40.1 Å². The van der Waals surface area contributed by atoms with Crippen LogP contribution in [-0.4, -0.2) is 59.9 Å². The fraction of sp³-hybridized carbons (Fsp3) is 0.357. The molecule has 0 saturated heterocycles. The number of hydrogen-bond donors (Lipinski definition) is 5. The number of aryl methyl sites for hydroxylation is 2. The first kappa shape index (κ1) is 32.3. The van der Waals surface area contributed by atoms with Crippen molar-refractivity contribution in [1.82, 2.24) is 20.0 Å². The standard InChI is InChI=1S/C28H32Cl2N6O6S/c1-16-17(2)33-27(32-16)31-14-5-4-7-19-15-42-35-24(19)25(37)34-28(3,26(38)39)36-43(40,41)20-12-10-18(11-13-20)23-21(29)8-6-9-22(23)30/h6,8-13,19,36H,4-5,7,14-15H2,1-3H3,(H,34,37)(H,38,39)(H2,31,32,33). The average Bonchev–Trinajstić information content (AvgIpc) is 3.54. The number of aromatic amines is 1. The van der Waals surface area contributed by atoms with Gasteiger partial charge in [-0.3, -0.25) is 4.79 Å². The third-order valence-electron chi connectivity index (χ3n) is 7.00. The number of hydrogen-bond acceptors (Lipinski definition) is 8. The Morgan fingerprint density at radius 2 is 1.79 bits per heavy atom. The number of H-pyrrole nitrogens is 1. The molecular weight excluding hydrogens is 619 g/mol. The molecule has 43 heavy (non-hydrogen) atoms. The summed E-state index contributed by atoms with van der Waals surface area (Å²) in [6.07, 6.45) is 2.06. The number of carbonyl (C=O) groups excluding carboxylic acids is 1. The molecule has 0 fully saturated rings. The van der Waals surface area contributed by atoms with Crippen molar-refractivity contribution in [3.8, 4) is 11.1 Å². The van der Waals surface area contributed by atoms with Crippen molar-refractivity contribution >= 4 is 56.8 Å². The summed E-state index contributed by atoms with van der Waals surface area (Å²) >= 11 is 12.5. The molecular formula is C28H32Cl2N6O6S. The van der Waals surface area contributed by atoms with Gasteiger partial charge < -0.3 is 25.6 Å². The number of rotatable bonds is 13. The highest BCUT2D eigenvalue weighted by atomic mass is 35.5. The number of aliphatic carboxylic acids is 1. The van der Waals surface area contributed by atoms with Gasteiger partial charge in [-0.2, -0.15) is 4.72 Å². The molecule has 5 N–H and O–H groups in total. The topological polar surface area (TPSA) is 175 Å². The van der Waals surface area contributed by atoms with Crippen molar-refractivity contribution in [1.29, 1.82) is 0 Å². The number of carbonyl (C=O) groups is 2. The highest BCUT2D eigenvalue weighted by Crippen LogP contribution is 2.35. The van der Waals surface area contributed by atoms with Gasteiger partial charge in [-0.1, -0.05) is 53.0 Å². The summed E-state index contributed by atoms with van der Waals surface area (Å²) < 4.78 is 28.5. The van der Waals surface area contributed by atoms with E-state index in [1.165, 1.54) is 24.3 Å². The van der Waals surface area contributed by atoms with Gasteiger partial charge in [0.05, 0.1) is 10.6 Å². The lowest BCUT2D eigenvalue weighted by atomic mass is 9.97. The molecule has 15 heteroatoms. The molecule has 2 heterocycles. The van der Waals surface area contributed by atoms with E-state index >= 15 is 0 Å². The van der Waals surface area contributed by atoms with E-state index in [4.69, 9.17) is 28.0 Å². The number of amides is 1. The van der Waals surface area contributed by atoms with Gasteiger partial charge in [-0.05, 0) is 63.4 Å². The molecule has 2 unspecified atom stereocenters. The maximum atomic E-state index is 13.2. The number of anilines is 1. The van der Waals surface area contributed by atoms with Crippen LogP contribution >= 0.6 is 23.2 Å². The molecule has 4 rings (SSSR count). The molecule has 1 aromatic heterocycles. The van der Waals surface area contributed by atoms with Crippen LogP contribution < -0.4 is 15.4 Å². The van der Waals surface area contributed by atoms with E-state index in [1.54, 1.807) is 18.2 Å². The fourth-order valence-electron chi connectivity index (χ4n) is 4.47. The summed E-state index contributed by atoms with van der Waals surface area (Å²) in [4.78, 5) is 37.7. The smallest absolute Gasteiger partial charge is 0.345 e. The van der Waals surface area contributed by atoms with Crippen molar-refractivity contribution in [2.75, 3.05) is 18.5 Å². The van der Waals surface area contributed by atoms with E-state index in [2.05, 4.69) is 30.5 Å². The largest absolute Gasteiger partial charge is 0.478 e. The Hall–Kier alpha value is -3.65. The number of halogens is 2. The number of carboxylic acids is 1. The Kier molecular flexibility index (Phi) is 10.0. The van der Waals surface area contributed by atoms with Crippen LogP contribution in [-0.2, 0) is 24.4 Å². The SMILES string of the molecule is Cc1nc(NCCCCC2CON=C2C(=O)NC(C)(NS(=O)(=O)c2ccc(-c3c(Cl)cccc3Cl)cc2)C(=O)O)[nH]c1C. The lowest BCUT2D eigenvalue weighted by molar-refractivity contribution is -0.146. The maximum absolute atomic E-state index is 13.2. The normalized spacial score (nSPS) is 16.2. The predicted octanol–water partition coefficient (Wildman–Crippen LogP) is 4.48. The summed E-state index contributed by atoms with van der Waals surface area (Å²) in [5.41, 5.74) is 0.613. The first-order chi connectivity index (χ1) is 20.3. The van der Waals surface area contributed by atoms with Crippen LogP contribution in [0.1, 0.15) is 37.6 Å². The maximum Gasteiger partial charge on any atom is 0.345 e. The van der Waals surface area contributed by atoms with Crippen LogP contribution in [0.15, 0.2) is 52.5 Å². The van der Waals surface area contributed by atoms with E-state index in [0.717, 1.165) is 31.2 Å². The Bertz CT molecular complexity index is 1600. The first-order valence-electron chi connectivity index (χ1n) is 13.4. The minimum Gasteiger partial charge on any atom is -0.478 e. The van der Waals surface area contributed by atoms with Crippen LogP contribution in [0.5, 0.6) is 0 Å². The van der Waals surface area contributed by atoms with Gasteiger partial charge in [0.2, 0.25) is 21.6 Å². The minimum atomic E-state index is -4.41. The molecule has 12 nitrogen and oxygen atoms in total. The number of imidazole rings is 1. The second-order valence-corrected chi connectivity index (χ2v) is 12.8. The zero-order valence-electron chi connectivity index (χ0n) is 23.7. The monoisotopic (exact) mass is 650 g/mol. The lowest BCUT2D eigenvalue weighted by Gasteiger charge is -2.27. The quantitative estimate of drug-likeness (QED) is 0.133. The zero-order valence-corrected chi connectivity index (χ0v) is 26.0. The molecule has 0 aliphatic carbocycles. The molecule has 3 aromatic rings. The molecule has 0 spiro atoms. The van der Waals surface area contributed by atoms with Crippen molar-refractivity contribution in [2.24, 2.45) is 11.1 Å². The van der Waals surface area contributed by atoms with Crippen LogP contribution in [0.25, 0.3) is 11.1 Å². The predicted molar refractivity (Wildman–Crippen MR) is 164 cm³/mol. The second-order valence-electron chi connectivity index (χ2n) is 10.3. The summed E-state index contributed by atoms with van der Waals surface area (Å²) in [6.45, 7) is 5.71. The average molecular weight is 652 g/mol. The van der Waals surface area contributed by atoms with Gasteiger partial charge in [0.1, 0.15) is 6.61 Å². The van der Waals surface area contributed by atoms with Crippen LogP contribution in [0, 0.1) is 19.8 Å². The lowest BCUT2D eigenvalue weighted by Crippen LogP contribution is -2.64. The van der Waals surface area contributed by atoms with Gasteiger partial charge in [0.25, 0.3) is 5.91 Å².